The molecule has 0 amide bonds. The summed E-state index contributed by atoms with van der Waals surface area (Å²) in [5.74, 6) is 0.760. The molecule has 3 aliphatic carbocycles. The van der Waals surface area contributed by atoms with Crippen molar-refractivity contribution in [2.45, 2.75) is 104 Å². The predicted molar refractivity (Wildman–Crippen MR) is 144 cm³/mol. The molecule has 0 spiro atoms. The van der Waals surface area contributed by atoms with Crippen LogP contribution in [0.1, 0.15) is 104 Å². The van der Waals surface area contributed by atoms with Gasteiger partial charge in [-0.3, -0.25) is 0 Å². The molecule has 0 aromatic rings. The van der Waals surface area contributed by atoms with Crippen LogP contribution in [-0.2, 0) is 4.74 Å². The third-order valence-electron chi connectivity index (χ3n) is 8.48. The van der Waals surface area contributed by atoms with E-state index in [4.69, 9.17) is 4.74 Å². The van der Waals surface area contributed by atoms with Crippen LogP contribution in [0, 0.1) is 29.6 Å². The van der Waals surface area contributed by atoms with Crippen molar-refractivity contribution in [3.8, 4) is 0 Å². The highest BCUT2D eigenvalue weighted by Crippen LogP contribution is 2.44. The van der Waals surface area contributed by atoms with Gasteiger partial charge in [0.05, 0.1) is 6.61 Å². The van der Waals surface area contributed by atoms with Crippen molar-refractivity contribution in [1.82, 2.24) is 0 Å². The lowest BCUT2D eigenvalue weighted by Crippen LogP contribution is -2.24. The van der Waals surface area contributed by atoms with Crippen molar-refractivity contribution >= 4 is 0 Å². The van der Waals surface area contributed by atoms with Gasteiger partial charge in [0.15, 0.2) is 5.83 Å². The van der Waals surface area contributed by atoms with Gasteiger partial charge >= 0.3 is 0 Å². The van der Waals surface area contributed by atoms with Crippen molar-refractivity contribution < 1.29 is 17.9 Å². The highest BCUT2D eigenvalue weighted by molar-refractivity contribution is 5.41. The molecule has 2 saturated carbocycles. The first kappa shape index (κ1) is 28.9. The van der Waals surface area contributed by atoms with Crippen LogP contribution in [0.4, 0.5) is 13.2 Å². The fraction of sp³-hybridized carbons (Fsp3) is 0.688. The van der Waals surface area contributed by atoms with E-state index in [-0.39, 0.29) is 17.7 Å². The molecule has 0 aromatic carbocycles. The topological polar surface area (TPSA) is 9.23 Å². The molecular weight excluding hydrogens is 457 g/mol. The molecule has 0 heterocycles. The lowest BCUT2D eigenvalue weighted by Gasteiger charge is -2.34. The summed E-state index contributed by atoms with van der Waals surface area (Å²) in [6, 6.07) is 0. The van der Waals surface area contributed by atoms with Crippen LogP contribution in [0.25, 0.3) is 0 Å². The highest BCUT2D eigenvalue weighted by atomic mass is 19.2. The Hall–Kier alpha value is -1.71. The van der Waals surface area contributed by atoms with Gasteiger partial charge in [0.2, 0.25) is 0 Å². The summed E-state index contributed by atoms with van der Waals surface area (Å²) in [5, 5.41) is 0. The van der Waals surface area contributed by atoms with Crippen molar-refractivity contribution in [2.75, 3.05) is 6.61 Å². The Morgan fingerprint density at radius 3 is 2.31 bits per heavy atom. The van der Waals surface area contributed by atoms with Crippen LogP contribution in [0.2, 0.25) is 0 Å². The molecule has 0 aromatic heterocycles. The summed E-state index contributed by atoms with van der Waals surface area (Å²) < 4.78 is 50.0. The molecule has 0 saturated heterocycles. The molecular formula is C32H47F3O. The first-order valence-electron chi connectivity index (χ1n) is 14.6. The Labute approximate surface area is 217 Å². The molecule has 4 heteroatoms. The smallest absolute Gasteiger partial charge is 0.161 e. The maximum Gasteiger partial charge on any atom is 0.161 e. The zero-order valence-corrected chi connectivity index (χ0v) is 22.7. The SMILES string of the molecule is CC/C=C(\C=C(\F)CC1CCC(/C=C/C2=CCC(C3CCC(CCC)CC3)C(F)=C2F)CC1)OCC. The monoisotopic (exact) mass is 504 g/mol. The van der Waals surface area contributed by atoms with Crippen LogP contribution in [0.3, 0.4) is 0 Å². The Kier molecular flexibility index (Phi) is 11.9. The summed E-state index contributed by atoms with van der Waals surface area (Å²) in [5.41, 5.74) is 0.408. The van der Waals surface area contributed by atoms with E-state index in [2.05, 4.69) is 13.0 Å². The molecule has 1 unspecified atom stereocenters. The third-order valence-corrected chi connectivity index (χ3v) is 8.48. The van der Waals surface area contributed by atoms with E-state index in [1.165, 1.54) is 18.9 Å². The number of hydrogen-bond acceptors (Lipinski definition) is 1. The highest BCUT2D eigenvalue weighted by Gasteiger charge is 2.33. The zero-order valence-electron chi connectivity index (χ0n) is 22.7. The lowest BCUT2D eigenvalue weighted by atomic mass is 9.72. The average Bonchev–Trinajstić information content (AvgIpc) is 2.87. The fourth-order valence-corrected chi connectivity index (χ4v) is 6.42. The quantitative estimate of drug-likeness (QED) is 0.201. The van der Waals surface area contributed by atoms with E-state index in [1.54, 1.807) is 6.08 Å². The van der Waals surface area contributed by atoms with E-state index in [1.807, 2.05) is 26.0 Å². The van der Waals surface area contributed by atoms with Crippen LogP contribution in [0.5, 0.6) is 0 Å². The van der Waals surface area contributed by atoms with Crippen LogP contribution >= 0.6 is 0 Å². The summed E-state index contributed by atoms with van der Waals surface area (Å²) in [4.78, 5) is 0. The summed E-state index contributed by atoms with van der Waals surface area (Å²) >= 11 is 0. The van der Waals surface area contributed by atoms with Crippen LogP contribution in [0.15, 0.2) is 59.2 Å². The van der Waals surface area contributed by atoms with Gasteiger partial charge < -0.3 is 4.74 Å². The van der Waals surface area contributed by atoms with Gasteiger partial charge in [-0.15, -0.1) is 0 Å². The average molecular weight is 505 g/mol. The first-order chi connectivity index (χ1) is 17.4. The lowest BCUT2D eigenvalue weighted by molar-refractivity contribution is 0.195. The molecule has 0 aliphatic heterocycles. The maximum absolute atomic E-state index is 15.0. The van der Waals surface area contributed by atoms with E-state index >= 15 is 4.39 Å². The first-order valence-corrected chi connectivity index (χ1v) is 14.6. The summed E-state index contributed by atoms with van der Waals surface area (Å²) in [7, 11) is 0. The molecule has 202 valence electrons. The minimum Gasteiger partial charge on any atom is -0.494 e. The second kappa shape index (κ2) is 14.9. The Bertz CT molecular complexity index is 833. The molecule has 0 radical (unpaired) electrons. The summed E-state index contributed by atoms with van der Waals surface area (Å²) in [6.07, 6.45) is 21.7. The van der Waals surface area contributed by atoms with Gasteiger partial charge in [-0.05, 0) is 88.0 Å². The number of hydrogen-bond donors (Lipinski definition) is 0. The number of rotatable bonds is 11. The van der Waals surface area contributed by atoms with Gasteiger partial charge in [-0.25, -0.2) is 13.2 Å². The molecule has 1 nitrogen and oxygen atoms in total. The summed E-state index contributed by atoms with van der Waals surface area (Å²) in [6.45, 7) is 6.67. The standard InChI is InChI=1S/C32H47F3O/c1-4-7-23-13-16-26(17-14-23)30-20-19-27(31(34)32(30)35)18-15-24-9-11-25(12-10-24)21-28(33)22-29(8-5-2)36-6-3/h8,15,18-19,22-26,30H,4-7,9-14,16-17,20-21H2,1-3H3/b18-15+,28-22+,29-8+. The number of halogens is 3. The normalized spacial score (nSPS) is 30.6. The van der Waals surface area contributed by atoms with E-state index in [0.717, 1.165) is 63.7 Å². The second-order valence-electron chi connectivity index (χ2n) is 11.1. The number of ether oxygens (including phenoxy) is 1. The van der Waals surface area contributed by atoms with Crippen LogP contribution < -0.4 is 0 Å². The Morgan fingerprint density at radius 2 is 1.67 bits per heavy atom. The van der Waals surface area contributed by atoms with Gasteiger partial charge in [0.1, 0.15) is 17.4 Å². The third kappa shape index (κ3) is 8.42. The molecule has 3 aliphatic rings. The molecule has 36 heavy (non-hydrogen) atoms. The second-order valence-corrected chi connectivity index (χ2v) is 11.1. The van der Waals surface area contributed by atoms with Crippen molar-refractivity contribution in [3.63, 3.8) is 0 Å². The minimum absolute atomic E-state index is 0.120. The van der Waals surface area contributed by atoms with E-state index in [9.17, 15) is 8.78 Å². The number of allylic oxidation sites excluding steroid dienone is 9. The Balaban J connectivity index is 1.47. The predicted octanol–water partition coefficient (Wildman–Crippen LogP) is 10.6. The van der Waals surface area contributed by atoms with Gasteiger partial charge in [0, 0.05) is 24.0 Å². The molecule has 3 rings (SSSR count). The van der Waals surface area contributed by atoms with Gasteiger partial charge in [-0.1, -0.05) is 57.8 Å². The minimum atomic E-state index is -0.649. The maximum atomic E-state index is 15.0. The molecule has 0 N–H and O–H groups in total. The van der Waals surface area contributed by atoms with Crippen molar-refractivity contribution in [3.05, 3.63) is 59.2 Å². The largest absolute Gasteiger partial charge is 0.494 e. The van der Waals surface area contributed by atoms with Gasteiger partial charge in [0.25, 0.3) is 0 Å². The molecule has 2 fully saturated rings. The van der Waals surface area contributed by atoms with Crippen LogP contribution in [-0.4, -0.2) is 6.61 Å². The van der Waals surface area contributed by atoms with E-state index < -0.39 is 11.7 Å². The van der Waals surface area contributed by atoms with E-state index in [0.29, 0.717) is 42.6 Å². The zero-order chi connectivity index (χ0) is 25.9. The van der Waals surface area contributed by atoms with Crippen molar-refractivity contribution in [1.29, 1.82) is 0 Å². The van der Waals surface area contributed by atoms with Crippen molar-refractivity contribution in [2.24, 2.45) is 29.6 Å². The van der Waals surface area contributed by atoms with Gasteiger partial charge in [-0.2, -0.15) is 0 Å². The fourth-order valence-electron chi connectivity index (χ4n) is 6.42. The molecule has 0 bridgehead atoms. The Morgan fingerprint density at radius 1 is 0.972 bits per heavy atom. The molecule has 1 atom stereocenters.